The van der Waals surface area contributed by atoms with E-state index in [4.69, 9.17) is 0 Å². The fraction of sp³-hybridized carbons (Fsp3) is 0. The van der Waals surface area contributed by atoms with Gasteiger partial charge in [0, 0.05) is 10.7 Å². The van der Waals surface area contributed by atoms with Gasteiger partial charge in [0.2, 0.25) is 0 Å². The fourth-order valence-electron chi connectivity index (χ4n) is 1.37. The van der Waals surface area contributed by atoms with Gasteiger partial charge >= 0.3 is 0 Å². The number of carbonyl (C=O) groups is 1. The van der Waals surface area contributed by atoms with E-state index in [0.29, 0.717) is 14.8 Å². The molecule has 1 aromatic carbocycles. The molecule has 0 radical (unpaired) electrons. The molecular formula is C12H8Br2N2O2. The standard InChI is InChI=1S/C12H8Br2N2O2/c13-7-3-4-8(10(17)6-7)12(18)16-9-2-1-5-15-11(9)14/h1-6,17H,(H,16,18). The van der Waals surface area contributed by atoms with Gasteiger partial charge < -0.3 is 10.4 Å². The molecule has 2 aromatic rings. The number of nitrogens with one attached hydrogen (secondary N) is 1. The highest BCUT2D eigenvalue weighted by atomic mass is 79.9. The summed E-state index contributed by atoms with van der Waals surface area (Å²) in [5.41, 5.74) is 0.749. The maximum absolute atomic E-state index is 12.0. The molecule has 0 aliphatic rings. The van der Waals surface area contributed by atoms with Crippen LogP contribution in [0.2, 0.25) is 0 Å². The van der Waals surface area contributed by atoms with Gasteiger partial charge in [-0.15, -0.1) is 0 Å². The van der Waals surface area contributed by atoms with Gasteiger partial charge in [-0.2, -0.15) is 0 Å². The van der Waals surface area contributed by atoms with E-state index in [1.165, 1.54) is 6.07 Å². The van der Waals surface area contributed by atoms with E-state index >= 15 is 0 Å². The first kappa shape index (κ1) is 13.0. The van der Waals surface area contributed by atoms with Crippen LogP contribution in [-0.2, 0) is 0 Å². The molecular weight excluding hydrogens is 364 g/mol. The van der Waals surface area contributed by atoms with Gasteiger partial charge in [-0.3, -0.25) is 4.79 Å². The summed E-state index contributed by atoms with van der Waals surface area (Å²) < 4.78 is 1.24. The number of carbonyl (C=O) groups excluding carboxylic acids is 1. The Bertz CT molecular complexity index is 602. The molecule has 0 aliphatic heterocycles. The Morgan fingerprint density at radius 2 is 2.06 bits per heavy atom. The number of amides is 1. The van der Waals surface area contributed by atoms with Crippen LogP contribution in [0.5, 0.6) is 5.75 Å². The molecule has 92 valence electrons. The minimum Gasteiger partial charge on any atom is -0.507 e. The third-order valence-corrected chi connectivity index (χ3v) is 3.34. The second-order valence-electron chi connectivity index (χ2n) is 3.46. The zero-order chi connectivity index (χ0) is 13.1. The van der Waals surface area contributed by atoms with Crippen molar-refractivity contribution in [1.82, 2.24) is 4.98 Å². The van der Waals surface area contributed by atoms with Crippen LogP contribution in [-0.4, -0.2) is 16.0 Å². The molecule has 1 aromatic heterocycles. The molecule has 0 bridgehead atoms. The average molecular weight is 372 g/mol. The predicted molar refractivity (Wildman–Crippen MR) is 75.7 cm³/mol. The number of phenolic OH excluding ortho intramolecular Hbond substituents is 1. The quantitative estimate of drug-likeness (QED) is 0.793. The van der Waals surface area contributed by atoms with Gasteiger partial charge in [0.25, 0.3) is 5.91 Å². The maximum Gasteiger partial charge on any atom is 0.259 e. The summed E-state index contributed by atoms with van der Waals surface area (Å²) in [4.78, 5) is 16.0. The number of hydrogen-bond acceptors (Lipinski definition) is 3. The smallest absolute Gasteiger partial charge is 0.259 e. The van der Waals surface area contributed by atoms with Crippen molar-refractivity contribution in [3.63, 3.8) is 0 Å². The van der Waals surface area contributed by atoms with Crippen molar-refractivity contribution in [2.75, 3.05) is 5.32 Å². The SMILES string of the molecule is O=C(Nc1cccnc1Br)c1ccc(Br)cc1O. The van der Waals surface area contributed by atoms with Crippen LogP contribution in [0.25, 0.3) is 0 Å². The molecule has 1 amide bonds. The molecule has 4 nitrogen and oxygen atoms in total. The minimum absolute atomic E-state index is 0.0816. The van der Waals surface area contributed by atoms with Crippen LogP contribution in [0.1, 0.15) is 10.4 Å². The lowest BCUT2D eigenvalue weighted by atomic mass is 10.2. The number of halogens is 2. The number of aromatic hydroxyl groups is 1. The number of aromatic nitrogens is 1. The summed E-state index contributed by atoms with van der Waals surface area (Å²) in [5.74, 6) is -0.476. The molecule has 0 spiro atoms. The highest BCUT2D eigenvalue weighted by Gasteiger charge is 2.12. The fourth-order valence-corrected chi connectivity index (χ4v) is 2.06. The number of phenols is 1. The van der Waals surface area contributed by atoms with Gasteiger partial charge in [0.15, 0.2) is 0 Å². The van der Waals surface area contributed by atoms with Crippen LogP contribution < -0.4 is 5.32 Å². The number of nitrogens with zero attached hydrogens (tertiary/aromatic N) is 1. The third-order valence-electron chi connectivity index (χ3n) is 2.21. The lowest BCUT2D eigenvalue weighted by Crippen LogP contribution is -2.12. The second-order valence-corrected chi connectivity index (χ2v) is 5.12. The van der Waals surface area contributed by atoms with Gasteiger partial charge in [-0.1, -0.05) is 15.9 Å². The van der Waals surface area contributed by atoms with Crippen molar-refractivity contribution in [3.05, 3.63) is 51.2 Å². The molecule has 0 saturated heterocycles. The maximum atomic E-state index is 12.0. The summed E-state index contributed by atoms with van der Waals surface area (Å²) in [5, 5.41) is 12.4. The molecule has 0 fully saturated rings. The Labute approximate surface area is 120 Å². The monoisotopic (exact) mass is 370 g/mol. The third kappa shape index (κ3) is 2.88. The summed E-state index contributed by atoms with van der Waals surface area (Å²) in [6.07, 6.45) is 1.61. The molecule has 0 saturated carbocycles. The van der Waals surface area contributed by atoms with Crippen LogP contribution in [0.4, 0.5) is 5.69 Å². The van der Waals surface area contributed by atoms with Gasteiger partial charge in [0.05, 0.1) is 11.3 Å². The highest BCUT2D eigenvalue weighted by Crippen LogP contribution is 2.24. The van der Waals surface area contributed by atoms with Crippen LogP contribution >= 0.6 is 31.9 Å². The molecule has 1 heterocycles. The summed E-state index contributed by atoms with van der Waals surface area (Å²) in [6, 6.07) is 8.12. The van der Waals surface area contributed by atoms with Crippen LogP contribution in [0, 0.1) is 0 Å². The molecule has 2 rings (SSSR count). The van der Waals surface area contributed by atoms with Crippen molar-refractivity contribution >= 4 is 43.5 Å². The Morgan fingerprint density at radius 1 is 1.28 bits per heavy atom. The highest BCUT2D eigenvalue weighted by molar-refractivity contribution is 9.10. The lowest BCUT2D eigenvalue weighted by molar-refractivity contribution is 0.102. The minimum atomic E-state index is -0.395. The first-order valence-corrected chi connectivity index (χ1v) is 6.57. The Kier molecular flexibility index (Phi) is 3.98. The molecule has 6 heteroatoms. The van der Waals surface area contributed by atoms with E-state index < -0.39 is 5.91 Å². The van der Waals surface area contributed by atoms with Gasteiger partial charge in [0.1, 0.15) is 10.4 Å². The summed E-state index contributed by atoms with van der Waals surface area (Å²) >= 11 is 6.45. The topological polar surface area (TPSA) is 62.2 Å². The molecule has 0 atom stereocenters. The van der Waals surface area contributed by atoms with Crippen LogP contribution in [0.15, 0.2) is 45.6 Å². The van der Waals surface area contributed by atoms with Crippen molar-refractivity contribution < 1.29 is 9.90 Å². The Balaban J connectivity index is 2.25. The first-order chi connectivity index (χ1) is 8.58. The first-order valence-electron chi connectivity index (χ1n) is 4.98. The number of pyridine rings is 1. The van der Waals surface area contributed by atoms with Gasteiger partial charge in [-0.05, 0) is 46.3 Å². The van der Waals surface area contributed by atoms with Crippen molar-refractivity contribution in [3.8, 4) is 5.75 Å². The van der Waals surface area contributed by atoms with E-state index in [0.717, 1.165) is 0 Å². The largest absolute Gasteiger partial charge is 0.507 e. The number of anilines is 1. The van der Waals surface area contributed by atoms with Crippen LogP contribution in [0.3, 0.4) is 0 Å². The van der Waals surface area contributed by atoms with E-state index in [-0.39, 0.29) is 11.3 Å². The van der Waals surface area contributed by atoms with Crippen molar-refractivity contribution in [1.29, 1.82) is 0 Å². The normalized spacial score (nSPS) is 10.1. The van der Waals surface area contributed by atoms with E-state index in [2.05, 4.69) is 42.2 Å². The Morgan fingerprint density at radius 3 is 2.72 bits per heavy atom. The zero-order valence-electron chi connectivity index (χ0n) is 9.02. The Hall–Kier alpha value is -1.40. The predicted octanol–water partition coefficient (Wildman–Crippen LogP) is 3.56. The summed E-state index contributed by atoms with van der Waals surface area (Å²) in [7, 11) is 0. The summed E-state index contributed by atoms with van der Waals surface area (Å²) in [6.45, 7) is 0. The number of benzene rings is 1. The van der Waals surface area contributed by atoms with Gasteiger partial charge in [-0.25, -0.2) is 4.98 Å². The second kappa shape index (κ2) is 5.49. The number of rotatable bonds is 2. The molecule has 0 unspecified atom stereocenters. The van der Waals surface area contributed by atoms with E-state index in [1.54, 1.807) is 30.5 Å². The number of hydrogen-bond donors (Lipinski definition) is 2. The van der Waals surface area contributed by atoms with E-state index in [9.17, 15) is 9.90 Å². The van der Waals surface area contributed by atoms with Crippen molar-refractivity contribution in [2.45, 2.75) is 0 Å². The molecule has 18 heavy (non-hydrogen) atoms. The average Bonchev–Trinajstić information content (AvgIpc) is 2.32. The van der Waals surface area contributed by atoms with Crippen molar-refractivity contribution in [2.24, 2.45) is 0 Å². The lowest BCUT2D eigenvalue weighted by Gasteiger charge is -2.08. The molecule has 2 N–H and O–H groups in total. The van der Waals surface area contributed by atoms with E-state index in [1.807, 2.05) is 0 Å². The molecule has 0 aliphatic carbocycles. The zero-order valence-corrected chi connectivity index (χ0v) is 12.2.